The van der Waals surface area contributed by atoms with Gasteiger partial charge in [-0.15, -0.1) is 0 Å². The molecule has 0 fully saturated rings. The fourth-order valence-corrected chi connectivity index (χ4v) is 1.97. The fourth-order valence-electron chi connectivity index (χ4n) is 1.43. The van der Waals surface area contributed by atoms with Crippen molar-refractivity contribution >= 4 is 21.9 Å². The van der Waals surface area contributed by atoms with E-state index in [1.54, 1.807) is 6.92 Å². The van der Waals surface area contributed by atoms with Gasteiger partial charge in [0.1, 0.15) is 5.69 Å². The second-order valence-corrected chi connectivity index (χ2v) is 4.30. The molecule has 0 amide bonds. The molecule has 0 radical (unpaired) electrons. The Morgan fingerprint density at radius 1 is 1.61 bits per heavy atom. The maximum Gasteiger partial charge on any atom is 0.310 e. The number of nitrogens with zero attached hydrogens (tertiary/aromatic N) is 1. The predicted octanol–water partition coefficient (Wildman–Crippen LogP) is 2.35. The summed E-state index contributed by atoms with van der Waals surface area (Å²) in [5, 5.41) is 0. The topological polar surface area (TPSA) is 65.2 Å². The zero-order chi connectivity index (χ0) is 13.7. The summed E-state index contributed by atoms with van der Waals surface area (Å²) in [7, 11) is 0. The molecular weight excluding hydrogens is 310 g/mol. The summed E-state index contributed by atoms with van der Waals surface area (Å²) in [5.74, 6) is -0.439. The van der Waals surface area contributed by atoms with Crippen molar-refractivity contribution in [3.63, 3.8) is 0 Å². The largest absolute Gasteiger partial charge is 0.466 e. The molecule has 1 heterocycles. The van der Waals surface area contributed by atoms with Crippen LogP contribution in [0.25, 0.3) is 0 Å². The number of alkyl halides is 2. The van der Waals surface area contributed by atoms with Crippen molar-refractivity contribution in [2.24, 2.45) is 5.73 Å². The Hall–Kier alpha value is -1.08. The summed E-state index contributed by atoms with van der Waals surface area (Å²) in [5.41, 5.74) is 5.84. The van der Waals surface area contributed by atoms with Gasteiger partial charge >= 0.3 is 5.97 Å². The first-order valence-corrected chi connectivity index (χ1v) is 6.10. The Labute approximate surface area is 112 Å². The minimum Gasteiger partial charge on any atom is -0.466 e. The summed E-state index contributed by atoms with van der Waals surface area (Å²) in [6.07, 6.45) is -2.73. The molecule has 0 atom stereocenters. The Morgan fingerprint density at radius 2 is 2.28 bits per heavy atom. The highest BCUT2D eigenvalue weighted by Crippen LogP contribution is 2.27. The quantitative estimate of drug-likeness (QED) is 0.845. The van der Waals surface area contributed by atoms with Crippen molar-refractivity contribution in [3.8, 4) is 0 Å². The van der Waals surface area contributed by atoms with Crippen molar-refractivity contribution in [3.05, 3.63) is 27.5 Å². The average Bonchev–Trinajstić information content (AvgIpc) is 2.29. The summed E-state index contributed by atoms with van der Waals surface area (Å²) < 4.78 is 30.2. The molecule has 1 aromatic rings. The van der Waals surface area contributed by atoms with Gasteiger partial charge in [0.15, 0.2) is 0 Å². The van der Waals surface area contributed by atoms with Crippen LogP contribution in [0.3, 0.4) is 0 Å². The first-order valence-electron chi connectivity index (χ1n) is 5.31. The minimum atomic E-state index is -2.69. The molecule has 18 heavy (non-hydrogen) atoms. The molecule has 0 aliphatic heterocycles. The van der Waals surface area contributed by atoms with Gasteiger partial charge < -0.3 is 10.5 Å². The molecule has 1 aromatic heterocycles. The van der Waals surface area contributed by atoms with Crippen molar-refractivity contribution in [1.82, 2.24) is 4.98 Å². The van der Waals surface area contributed by atoms with Crippen LogP contribution in [0.15, 0.2) is 10.5 Å². The number of pyridine rings is 1. The predicted molar refractivity (Wildman–Crippen MR) is 65.1 cm³/mol. The standard InChI is InChI=1S/C11H13BrF2N2O2/c1-2-18-9(17)4-6-3-7(12)10(11(13)14)16-8(6)5-15/h3,11H,2,4-5,15H2,1H3. The van der Waals surface area contributed by atoms with Crippen LogP contribution >= 0.6 is 15.9 Å². The first kappa shape index (κ1) is 15.0. The Kier molecular flexibility index (Phi) is 5.61. The summed E-state index contributed by atoms with van der Waals surface area (Å²) in [6.45, 7) is 1.94. The second-order valence-electron chi connectivity index (χ2n) is 3.45. The zero-order valence-electron chi connectivity index (χ0n) is 9.75. The number of esters is 1. The van der Waals surface area contributed by atoms with E-state index in [-0.39, 0.29) is 35.4 Å². The second kappa shape index (κ2) is 6.75. The van der Waals surface area contributed by atoms with Gasteiger partial charge in [0.2, 0.25) is 0 Å². The van der Waals surface area contributed by atoms with E-state index in [2.05, 4.69) is 20.9 Å². The van der Waals surface area contributed by atoms with E-state index in [1.165, 1.54) is 6.07 Å². The van der Waals surface area contributed by atoms with Crippen LogP contribution in [-0.4, -0.2) is 17.6 Å². The van der Waals surface area contributed by atoms with E-state index >= 15 is 0 Å². The van der Waals surface area contributed by atoms with Gasteiger partial charge in [-0.25, -0.2) is 13.8 Å². The molecular formula is C11H13BrF2N2O2. The van der Waals surface area contributed by atoms with Crippen LogP contribution in [0.2, 0.25) is 0 Å². The third-order valence-electron chi connectivity index (χ3n) is 2.21. The van der Waals surface area contributed by atoms with Gasteiger partial charge in [-0.1, -0.05) is 0 Å². The number of halogens is 3. The number of hydrogen-bond donors (Lipinski definition) is 1. The Balaban J connectivity index is 3.05. The van der Waals surface area contributed by atoms with Gasteiger partial charge in [0.25, 0.3) is 6.43 Å². The number of hydrogen-bond acceptors (Lipinski definition) is 4. The van der Waals surface area contributed by atoms with E-state index < -0.39 is 12.4 Å². The highest BCUT2D eigenvalue weighted by molar-refractivity contribution is 9.10. The number of carbonyl (C=O) groups excluding carboxylic acids is 1. The van der Waals surface area contributed by atoms with Crippen LogP contribution in [0.4, 0.5) is 8.78 Å². The van der Waals surface area contributed by atoms with E-state index in [4.69, 9.17) is 10.5 Å². The highest BCUT2D eigenvalue weighted by atomic mass is 79.9. The number of aromatic nitrogens is 1. The molecule has 0 aromatic carbocycles. The summed E-state index contributed by atoms with van der Waals surface area (Å²) in [4.78, 5) is 15.1. The van der Waals surface area contributed by atoms with Crippen molar-refractivity contribution < 1.29 is 18.3 Å². The van der Waals surface area contributed by atoms with Crippen molar-refractivity contribution in [2.75, 3.05) is 6.61 Å². The average molecular weight is 323 g/mol. The first-order chi connectivity index (χ1) is 8.49. The number of rotatable bonds is 5. The number of carbonyl (C=O) groups is 1. The molecule has 1 rings (SSSR count). The summed E-state index contributed by atoms with van der Waals surface area (Å²) >= 11 is 3.00. The van der Waals surface area contributed by atoms with Crippen LogP contribution < -0.4 is 5.73 Å². The van der Waals surface area contributed by atoms with E-state index in [0.29, 0.717) is 5.56 Å². The molecule has 0 saturated heterocycles. The molecule has 4 nitrogen and oxygen atoms in total. The molecule has 100 valence electrons. The van der Waals surface area contributed by atoms with Crippen LogP contribution in [0.5, 0.6) is 0 Å². The van der Waals surface area contributed by atoms with Crippen LogP contribution in [-0.2, 0) is 22.5 Å². The maximum atomic E-state index is 12.6. The molecule has 0 saturated carbocycles. The Bertz CT molecular complexity index is 441. The van der Waals surface area contributed by atoms with Crippen LogP contribution in [0, 0.1) is 0 Å². The highest BCUT2D eigenvalue weighted by Gasteiger charge is 2.18. The third-order valence-corrected chi connectivity index (χ3v) is 2.85. The lowest BCUT2D eigenvalue weighted by Crippen LogP contribution is -2.13. The molecule has 0 aliphatic rings. The smallest absolute Gasteiger partial charge is 0.310 e. The minimum absolute atomic E-state index is 0.0122. The van der Waals surface area contributed by atoms with Gasteiger partial charge in [-0.05, 0) is 34.5 Å². The number of ether oxygens (including phenoxy) is 1. The molecule has 7 heteroatoms. The lowest BCUT2D eigenvalue weighted by atomic mass is 10.1. The third kappa shape index (κ3) is 3.71. The maximum absolute atomic E-state index is 12.6. The summed E-state index contributed by atoms with van der Waals surface area (Å²) in [6, 6.07) is 1.44. The van der Waals surface area contributed by atoms with E-state index in [9.17, 15) is 13.6 Å². The fraction of sp³-hybridized carbons (Fsp3) is 0.455. The van der Waals surface area contributed by atoms with E-state index in [1.807, 2.05) is 0 Å². The van der Waals surface area contributed by atoms with Crippen molar-refractivity contribution in [2.45, 2.75) is 26.3 Å². The van der Waals surface area contributed by atoms with Gasteiger partial charge in [-0.2, -0.15) is 0 Å². The van der Waals surface area contributed by atoms with Gasteiger partial charge in [-0.3, -0.25) is 4.79 Å². The van der Waals surface area contributed by atoms with Crippen LogP contribution in [0.1, 0.15) is 30.3 Å². The molecule has 0 spiro atoms. The SMILES string of the molecule is CCOC(=O)Cc1cc(Br)c(C(F)F)nc1CN. The van der Waals surface area contributed by atoms with E-state index in [0.717, 1.165) is 0 Å². The molecule has 0 aliphatic carbocycles. The number of nitrogens with two attached hydrogens (primary N) is 1. The normalized spacial score (nSPS) is 10.8. The molecule has 0 bridgehead atoms. The zero-order valence-corrected chi connectivity index (χ0v) is 11.3. The van der Waals surface area contributed by atoms with Gasteiger partial charge in [0, 0.05) is 11.0 Å². The lowest BCUT2D eigenvalue weighted by Gasteiger charge is -2.11. The van der Waals surface area contributed by atoms with Crippen molar-refractivity contribution in [1.29, 1.82) is 0 Å². The molecule has 0 unspecified atom stereocenters. The monoisotopic (exact) mass is 322 g/mol. The lowest BCUT2D eigenvalue weighted by molar-refractivity contribution is -0.142. The van der Waals surface area contributed by atoms with Gasteiger partial charge in [0.05, 0.1) is 18.7 Å². The Morgan fingerprint density at radius 3 is 2.78 bits per heavy atom. The molecule has 2 N–H and O–H groups in total.